The zero-order valence-electron chi connectivity index (χ0n) is 28.5. The number of likely N-dealkylation sites (tertiary alicyclic amines) is 1. The van der Waals surface area contributed by atoms with Crippen molar-refractivity contribution in [2.45, 2.75) is 117 Å². The monoisotopic (exact) mass is 633 g/mol. The lowest BCUT2D eigenvalue weighted by Crippen LogP contribution is -2.60. The summed E-state index contributed by atoms with van der Waals surface area (Å²) in [5, 5.41) is 11.5. The molecule has 0 aliphatic carbocycles. The second kappa shape index (κ2) is 18.5. The van der Waals surface area contributed by atoms with Gasteiger partial charge in [0.2, 0.25) is 5.79 Å². The number of Topliss-reactive ketones (excluding diaryl/α,β-unsaturated/α-hetero) is 2. The number of allylic oxidation sites excluding steroid dienone is 5. The average molecular weight is 634 g/mol. The van der Waals surface area contributed by atoms with Gasteiger partial charge in [-0.2, -0.15) is 0 Å². The molecule has 7 atom stereocenters. The van der Waals surface area contributed by atoms with Gasteiger partial charge < -0.3 is 29.0 Å². The standard InChI is InChI=1S/C35H55NO9/c1-23(2)44-34(40)29-16-12-13-19-36(29)33(39)32(38)35(41)27(6)17-18-28(45-35)21-31(43-8)25(4)15-11-9-10-14-24(3)20-26(5)30(37)22-42-7/h9-11,14-15,23-24,26-29,31,41H,12-13,16-22H2,1-8H3/b11-9+,14-10-,25-15+/t24-,26-,27-,28+,29+,31+,35-/m1/s1. The Hall–Kier alpha value is -2.66. The molecule has 0 aromatic carbocycles. The minimum absolute atomic E-state index is 0.0653. The first-order valence-corrected chi connectivity index (χ1v) is 16.3. The van der Waals surface area contributed by atoms with Crippen molar-refractivity contribution in [3.05, 3.63) is 36.0 Å². The molecular formula is C35H55NO9. The maximum Gasteiger partial charge on any atom is 0.329 e. The zero-order chi connectivity index (χ0) is 33.7. The molecular weight excluding hydrogens is 578 g/mol. The summed E-state index contributed by atoms with van der Waals surface area (Å²) < 4.78 is 22.0. The van der Waals surface area contributed by atoms with E-state index in [4.69, 9.17) is 18.9 Å². The SMILES string of the molecule is COCC(=O)[C@H](C)C[C@H](C)\C=C/C=C/C=C(\C)[C@H](C[C@@H]1CC[C@@H](C)[C@](O)(C(=O)C(=O)N2CCCC[C@H]2C(=O)OC(C)C)O1)OC. The van der Waals surface area contributed by atoms with Crippen LogP contribution in [0.2, 0.25) is 0 Å². The Morgan fingerprint density at radius 1 is 1.02 bits per heavy atom. The van der Waals surface area contributed by atoms with E-state index in [0.717, 1.165) is 18.4 Å². The molecule has 2 rings (SSSR count). The number of hydrogen-bond donors (Lipinski definition) is 1. The Bertz CT molecular complexity index is 1100. The van der Waals surface area contributed by atoms with E-state index in [0.29, 0.717) is 32.1 Å². The smallest absolute Gasteiger partial charge is 0.329 e. The fourth-order valence-electron chi connectivity index (χ4n) is 5.91. The van der Waals surface area contributed by atoms with Crippen molar-refractivity contribution in [1.82, 2.24) is 4.90 Å². The fraction of sp³-hybridized carbons (Fsp3) is 0.714. The van der Waals surface area contributed by atoms with Crippen molar-refractivity contribution >= 4 is 23.4 Å². The van der Waals surface area contributed by atoms with E-state index < -0.39 is 41.5 Å². The van der Waals surface area contributed by atoms with Crippen molar-refractivity contribution in [1.29, 1.82) is 0 Å². The van der Waals surface area contributed by atoms with Crippen molar-refractivity contribution < 1.29 is 43.2 Å². The molecule has 2 fully saturated rings. The summed E-state index contributed by atoms with van der Waals surface area (Å²) in [5.41, 5.74) is 0.932. The molecule has 2 saturated heterocycles. The van der Waals surface area contributed by atoms with E-state index in [-0.39, 0.29) is 43.0 Å². The molecule has 0 spiro atoms. The van der Waals surface area contributed by atoms with Gasteiger partial charge in [-0.15, -0.1) is 0 Å². The Morgan fingerprint density at radius 3 is 2.38 bits per heavy atom. The largest absolute Gasteiger partial charge is 0.461 e. The Morgan fingerprint density at radius 2 is 1.73 bits per heavy atom. The number of aliphatic hydroxyl groups is 1. The second-order valence-electron chi connectivity index (χ2n) is 12.9. The van der Waals surface area contributed by atoms with E-state index in [2.05, 4.69) is 13.0 Å². The Kier molecular flexibility index (Phi) is 15.8. The van der Waals surface area contributed by atoms with Gasteiger partial charge in [0.15, 0.2) is 5.78 Å². The number of amides is 1. The molecule has 0 saturated carbocycles. The maximum atomic E-state index is 13.5. The Labute approximate surface area is 269 Å². The minimum Gasteiger partial charge on any atom is -0.461 e. The van der Waals surface area contributed by atoms with Gasteiger partial charge in [0.25, 0.3) is 11.7 Å². The second-order valence-corrected chi connectivity index (χ2v) is 12.9. The summed E-state index contributed by atoms with van der Waals surface area (Å²) >= 11 is 0. The summed E-state index contributed by atoms with van der Waals surface area (Å²) in [7, 11) is 3.12. The van der Waals surface area contributed by atoms with E-state index >= 15 is 0 Å². The van der Waals surface area contributed by atoms with Crippen LogP contribution in [0.15, 0.2) is 36.0 Å². The molecule has 254 valence electrons. The van der Waals surface area contributed by atoms with Crippen LogP contribution in [0.1, 0.15) is 86.5 Å². The van der Waals surface area contributed by atoms with Crippen LogP contribution in [0.5, 0.6) is 0 Å². The van der Waals surface area contributed by atoms with Gasteiger partial charge in [0.1, 0.15) is 12.6 Å². The number of hydrogen-bond acceptors (Lipinski definition) is 9. The third kappa shape index (κ3) is 11.3. The molecule has 2 heterocycles. The highest BCUT2D eigenvalue weighted by molar-refractivity contribution is 6.39. The predicted molar refractivity (Wildman–Crippen MR) is 171 cm³/mol. The lowest BCUT2D eigenvalue weighted by molar-refractivity contribution is -0.265. The van der Waals surface area contributed by atoms with Crippen LogP contribution in [-0.2, 0) is 38.1 Å². The first-order valence-electron chi connectivity index (χ1n) is 16.3. The average Bonchev–Trinajstić information content (AvgIpc) is 3.00. The minimum atomic E-state index is -2.30. The lowest BCUT2D eigenvalue weighted by atomic mass is 9.85. The summed E-state index contributed by atoms with van der Waals surface area (Å²) in [6.07, 6.45) is 12.6. The summed E-state index contributed by atoms with van der Waals surface area (Å²) in [4.78, 5) is 52.8. The van der Waals surface area contributed by atoms with E-state index in [1.807, 2.05) is 38.2 Å². The normalized spacial score (nSPS) is 26.7. The first kappa shape index (κ1) is 38.5. The number of piperidine rings is 1. The zero-order valence-corrected chi connectivity index (χ0v) is 28.5. The summed E-state index contributed by atoms with van der Waals surface area (Å²) in [6.45, 7) is 11.5. The molecule has 0 aromatic heterocycles. The van der Waals surface area contributed by atoms with Crippen LogP contribution >= 0.6 is 0 Å². The van der Waals surface area contributed by atoms with Gasteiger partial charge in [0, 0.05) is 39.0 Å². The maximum absolute atomic E-state index is 13.5. The first-order chi connectivity index (χ1) is 21.2. The van der Waals surface area contributed by atoms with Crippen molar-refractivity contribution in [3.8, 4) is 0 Å². The van der Waals surface area contributed by atoms with Gasteiger partial charge >= 0.3 is 5.97 Å². The molecule has 0 aromatic rings. The molecule has 1 N–H and O–H groups in total. The third-order valence-corrected chi connectivity index (χ3v) is 8.70. The molecule has 0 bridgehead atoms. The summed E-state index contributed by atoms with van der Waals surface area (Å²) in [6, 6.07) is -0.860. The molecule has 1 amide bonds. The van der Waals surface area contributed by atoms with Crippen LogP contribution in [0.4, 0.5) is 0 Å². The number of esters is 1. The van der Waals surface area contributed by atoms with Gasteiger partial charge in [0.05, 0.1) is 18.3 Å². The summed E-state index contributed by atoms with van der Waals surface area (Å²) in [5.74, 6) is -5.14. The van der Waals surface area contributed by atoms with Gasteiger partial charge in [-0.3, -0.25) is 14.4 Å². The highest BCUT2D eigenvalue weighted by Crippen LogP contribution is 2.36. The highest BCUT2D eigenvalue weighted by Gasteiger charge is 2.52. The third-order valence-electron chi connectivity index (χ3n) is 8.70. The van der Waals surface area contributed by atoms with Crippen LogP contribution < -0.4 is 0 Å². The molecule has 2 aliphatic rings. The molecule has 10 heteroatoms. The quantitative estimate of drug-likeness (QED) is 0.146. The van der Waals surface area contributed by atoms with Crippen LogP contribution in [-0.4, -0.2) is 91.0 Å². The van der Waals surface area contributed by atoms with Gasteiger partial charge in [-0.25, -0.2) is 4.79 Å². The van der Waals surface area contributed by atoms with E-state index in [1.165, 1.54) is 12.0 Å². The number of methoxy groups -OCH3 is 2. The molecule has 10 nitrogen and oxygen atoms in total. The number of carbonyl (C=O) groups excluding carboxylic acids is 4. The molecule has 2 aliphatic heterocycles. The van der Waals surface area contributed by atoms with Gasteiger partial charge in [-0.1, -0.05) is 51.2 Å². The van der Waals surface area contributed by atoms with E-state index in [1.54, 1.807) is 27.9 Å². The molecule has 45 heavy (non-hydrogen) atoms. The van der Waals surface area contributed by atoms with Crippen molar-refractivity contribution in [3.63, 3.8) is 0 Å². The van der Waals surface area contributed by atoms with E-state index in [9.17, 15) is 24.3 Å². The number of rotatable bonds is 16. The van der Waals surface area contributed by atoms with Crippen molar-refractivity contribution in [2.75, 3.05) is 27.4 Å². The number of carbonyl (C=O) groups is 4. The highest BCUT2D eigenvalue weighted by atomic mass is 16.6. The molecule has 0 radical (unpaired) electrons. The van der Waals surface area contributed by atoms with Gasteiger partial charge in [-0.05, 0) is 70.8 Å². The predicted octanol–water partition coefficient (Wildman–Crippen LogP) is 4.73. The number of ether oxygens (including phenoxy) is 4. The van der Waals surface area contributed by atoms with Crippen LogP contribution in [0, 0.1) is 17.8 Å². The Balaban J connectivity index is 2.04. The van der Waals surface area contributed by atoms with Crippen molar-refractivity contribution in [2.24, 2.45) is 17.8 Å². The van der Waals surface area contributed by atoms with Crippen LogP contribution in [0.25, 0.3) is 0 Å². The number of nitrogens with zero attached hydrogens (tertiary/aromatic N) is 1. The van der Waals surface area contributed by atoms with Crippen LogP contribution in [0.3, 0.4) is 0 Å². The lowest BCUT2D eigenvalue weighted by Gasteiger charge is -2.42. The fourth-order valence-corrected chi connectivity index (χ4v) is 5.91. The number of ketones is 2. The molecule has 0 unspecified atom stereocenters. The topological polar surface area (TPSA) is 129 Å².